The lowest BCUT2D eigenvalue weighted by atomic mass is 10.1. The first kappa shape index (κ1) is 17.0. The lowest BCUT2D eigenvalue weighted by Gasteiger charge is -2.26. The van der Waals surface area contributed by atoms with Crippen LogP contribution in [0, 0.1) is 0 Å². The Bertz CT molecular complexity index is 1040. The van der Waals surface area contributed by atoms with E-state index in [1.54, 1.807) is 0 Å². The predicted molar refractivity (Wildman–Crippen MR) is 112 cm³/mol. The van der Waals surface area contributed by atoms with Crippen LogP contribution >= 0.6 is 0 Å². The van der Waals surface area contributed by atoms with E-state index in [9.17, 15) is 0 Å². The zero-order chi connectivity index (χ0) is 18.5. The highest BCUT2D eigenvalue weighted by Crippen LogP contribution is 2.26. The molecular formula is C23H22N4. The van der Waals surface area contributed by atoms with Crippen LogP contribution in [0.2, 0.25) is 0 Å². The van der Waals surface area contributed by atoms with Crippen molar-refractivity contribution in [3.05, 3.63) is 90.6 Å². The van der Waals surface area contributed by atoms with Crippen LogP contribution in [-0.4, -0.2) is 21.2 Å². The maximum absolute atomic E-state index is 4.16. The summed E-state index contributed by atoms with van der Waals surface area (Å²) in [5.74, 6) is 0. The number of rotatable bonds is 6. The Kier molecular flexibility index (Phi) is 4.97. The van der Waals surface area contributed by atoms with E-state index >= 15 is 0 Å². The van der Waals surface area contributed by atoms with Gasteiger partial charge in [-0.15, -0.1) is 0 Å². The number of pyridine rings is 2. The standard InChI is InChI=1S/C23H22N4/c1-2-17-26(21-11-15-25-16-12-21)27-18-20(22-5-3-4-6-23(22)27)8-7-19-9-13-24-14-10-19/h3-16,18H,2,17H2,1H3. The quantitative estimate of drug-likeness (QED) is 0.472. The molecule has 3 aromatic heterocycles. The molecule has 0 saturated carbocycles. The smallest absolute Gasteiger partial charge is 0.0704 e. The van der Waals surface area contributed by atoms with Crippen molar-refractivity contribution in [1.29, 1.82) is 0 Å². The van der Waals surface area contributed by atoms with Crippen LogP contribution in [0.15, 0.2) is 79.5 Å². The molecule has 0 radical (unpaired) electrons. The summed E-state index contributed by atoms with van der Waals surface area (Å²) in [6.07, 6.45) is 14.9. The van der Waals surface area contributed by atoms with Crippen LogP contribution in [0.25, 0.3) is 23.1 Å². The average Bonchev–Trinajstić information content (AvgIpc) is 3.10. The SMILES string of the molecule is CCCN(c1ccncc1)n1cc(C=Cc2ccncc2)c2ccccc21. The molecule has 0 fully saturated rings. The van der Waals surface area contributed by atoms with Gasteiger partial charge < -0.3 is 0 Å². The fourth-order valence-corrected chi connectivity index (χ4v) is 3.27. The number of anilines is 1. The molecule has 0 spiro atoms. The Morgan fingerprint density at radius 3 is 2.33 bits per heavy atom. The molecular weight excluding hydrogens is 332 g/mol. The topological polar surface area (TPSA) is 34.0 Å². The van der Waals surface area contributed by atoms with Crippen molar-refractivity contribution in [3.8, 4) is 0 Å². The van der Waals surface area contributed by atoms with Gasteiger partial charge in [0.2, 0.25) is 0 Å². The van der Waals surface area contributed by atoms with Gasteiger partial charge in [-0.25, -0.2) is 0 Å². The van der Waals surface area contributed by atoms with Gasteiger partial charge in [-0.1, -0.05) is 37.3 Å². The lowest BCUT2D eigenvalue weighted by Crippen LogP contribution is -2.29. The average molecular weight is 354 g/mol. The van der Waals surface area contributed by atoms with Crippen LogP contribution in [0.4, 0.5) is 5.69 Å². The summed E-state index contributed by atoms with van der Waals surface area (Å²) in [4.78, 5) is 8.24. The van der Waals surface area contributed by atoms with E-state index in [-0.39, 0.29) is 0 Å². The Labute approximate surface area is 159 Å². The number of nitrogens with zero attached hydrogens (tertiary/aromatic N) is 4. The van der Waals surface area contributed by atoms with E-state index in [0.29, 0.717) is 0 Å². The van der Waals surface area contributed by atoms with Gasteiger partial charge in [-0.05, 0) is 42.3 Å². The highest BCUT2D eigenvalue weighted by Gasteiger charge is 2.13. The second kappa shape index (κ2) is 7.87. The van der Waals surface area contributed by atoms with Gasteiger partial charge in [0.15, 0.2) is 0 Å². The minimum absolute atomic E-state index is 0.927. The molecule has 4 nitrogen and oxygen atoms in total. The number of fused-ring (bicyclic) bond motifs is 1. The molecule has 0 aliphatic rings. The van der Waals surface area contributed by atoms with E-state index in [0.717, 1.165) is 24.2 Å². The van der Waals surface area contributed by atoms with Crippen molar-refractivity contribution >= 4 is 28.7 Å². The fourth-order valence-electron chi connectivity index (χ4n) is 3.27. The van der Waals surface area contributed by atoms with Crippen molar-refractivity contribution in [3.63, 3.8) is 0 Å². The summed E-state index contributed by atoms with van der Waals surface area (Å²) in [6.45, 7) is 3.13. The van der Waals surface area contributed by atoms with Crippen LogP contribution in [0.3, 0.4) is 0 Å². The minimum atomic E-state index is 0.927. The van der Waals surface area contributed by atoms with Gasteiger partial charge in [0.25, 0.3) is 0 Å². The second-order valence-corrected chi connectivity index (χ2v) is 6.39. The van der Waals surface area contributed by atoms with E-state index < -0.39 is 0 Å². The van der Waals surface area contributed by atoms with E-state index in [1.807, 2.05) is 36.9 Å². The Balaban J connectivity index is 1.80. The molecule has 4 aromatic rings. The summed E-state index contributed by atoms with van der Waals surface area (Å²) in [5.41, 5.74) is 4.66. The molecule has 0 atom stereocenters. The van der Waals surface area contributed by atoms with Crippen LogP contribution in [-0.2, 0) is 0 Å². The minimum Gasteiger partial charge on any atom is -0.281 e. The van der Waals surface area contributed by atoms with Crippen molar-refractivity contribution < 1.29 is 0 Å². The van der Waals surface area contributed by atoms with Crippen molar-refractivity contribution in [2.45, 2.75) is 13.3 Å². The number of para-hydroxylation sites is 1. The normalized spacial score (nSPS) is 11.3. The molecule has 0 aliphatic carbocycles. The zero-order valence-electron chi connectivity index (χ0n) is 15.4. The molecule has 134 valence electrons. The van der Waals surface area contributed by atoms with E-state index in [2.05, 4.69) is 81.3 Å². The zero-order valence-corrected chi connectivity index (χ0v) is 15.4. The summed E-state index contributed by atoms with van der Waals surface area (Å²) in [5, 5.41) is 3.53. The predicted octanol–water partition coefficient (Wildman–Crippen LogP) is 5.28. The Morgan fingerprint density at radius 2 is 1.59 bits per heavy atom. The van der Waals surface area contributed by atoms with Gasteiger partial charge in [0.05, 0.1) is 11.2 Å². The van der Waals surface area contributed by atoms with Crippen molar-refractivity contribution in [2.75, 3.05) is 11.6 Å². The van der Waals surface area contributed by atoms with E-state index in [1.165, 1.54) is 16.5 Å². The van der Waals surface area contributed by atoms with Crippen LogP contribution < -0.4 is 5.01 Å². The molecule has 0 amide bonds. The third-order valence-corrected chi connectivity index (χ3v) is 4.54. The molecule has 27 heavy (non-hydrogen) atoms. The highest BCUT2D eigenvalue weighted by molar-refractivity contribution is 5.92. The number of hydrogen-bond acceptors (Lipinski definition) is 3. The maximum atomic E-state index is 4.16. The largest absolute Gasteiger partial charge is 0.281 e. The number of aromatic nitrogens is 3. The van der Waals surface area contributed by atoms with Gasteiger partial charge in [0, 0.05) is 48.5 Å². The summed E-state index contributed by atoms with van der Waals surface area (Å²) < 4.78 is 2.25. The van der Waals surface area contributed by atoms with Gasteiger partial charge in [-0.2, -0.15) is 0 Å². The van der Waals surface area contributed by atoms with Crippen molar-refractivity contribution in [2.24, 2.45) is 0 Å². The monoisotopic (exact) mass is 354 g/mol. The third-order valence-electron chi connectivity index (χ3n) is 4.54. The number of benzene rings is 1. The molecule has 0 unspecified atom stereocenters. The maximum Gasteiger partial charge on any atom is 0.0704 e. The van der Waals surface area contributed by atoms with Crippen molar-refractivity contribution in [1.82, 2.24) is 14.6 Å². The van der Waals surface area contributed by atoms with Gasteiger partial charge >= 0.3 is 0 Å². The lowest BCUT2D eigenvalue weighted by molar-refractivity contribution is 0.695. The molecule has 4 rings (SSSR count). The molecule has 0 N–H and O–H groups in total. The highest BCUT2D eigenvalue weighted by atomic mass is 15.5. The van der Waals surface area contributed by atoms with Crippen LogP contribution in [0.1, 0.15) is 24.5 Å². The Morgan fingerprint density at radius 1 is 0.889 bits per heavy atom. The molecule has 0 aliphatic heterocycles. The molecule has 4 heteroatoms. The Hall–Kier alpha value is -3.40. The summed E-state index contributed by atoms with van der Waals surface area (Å²) >= 11 is 0. The van der Waals surface area contributed by atoms with Crippen LogP contribution in [0.5, 0.6) is 0 Å². The van der Waals surface area contributed by atoms with Gasteiger partial charge in [-0.3, -0.25) is 19.7 Å². The summed E-state index contributed by atoms with van der Waals surface area (Å²) in [6, 6.07) is 16.6. The van der Waals surface area contributed by atoms with E-state index in [4.69, 9.17) is 0 Å². The molecule has 3 heterocycles. The molecule has 0 bridgehead atoms. The first-order valence-corrected chi connectivity index (χ1v) is 9.23. The second-order valence-electron chi connectivity index (χ2n) is 6.39. The molecule has 1 aromatic carbocycles. The van der Waals surface area contributed by atoms with Gasteiger partial charge in [0.1, 0.15) is 0 Å². The fraction of sp³-hybridized carbons (Fsp3) is 0.130. The molecule has 0 saturated heterocycles. The first-order chi connectivity index (χ1) is 13.4. The third kappa shape index (κ3) is 3.60. The number of hydrogen-bond donors (Lipinski definition) is 0. The summed E-state index contributed by atoms with van der Waals surface area (Å²) in [7, 11) is 0. The first-order valence-electron chi connectivity index (χ1n) is 9.23.